The van der Waals surface area contributed by atoms with E-state index < -0.39 is 0 Å². The standard InChI is InChI=1S/C16H24N2O3/c1-21-14-9-12(5-6-13(14)17)15(20)18-10-16(11-19)7-3-2-4-8-16/h5-6,9,19H,2-4,7-8,10-11,17H2,1H3,(H,18,20). The van der Waals surface area contributed by atoms with E-state index in [0.717, 1.165) is 25.7 Å². The number of carbonyl (C=O) groups excluding carboxylic acids is 1. The predicted octanol–water partition coefficient (Wildman–Crippen LogP) is 1.95. The maximum atomic E-state index is 12.2. The van der Waals surface area contributed by atoms with Gasteiger partial charge in [0, 0.05) is 17.5 Å². The quantitative estimate of drug-likeness (QED) is 0.724. The van der Waals surface area contributed by atoms with Gasteiger partial charge in [0.15, 0.2) is 0 Å². The van der Waals surface area contributed by atoms with Crippen molar-refractivity contribution in [3.63, 3.8) is 0 Å². The molecular formula is C16H24N2O3. The fourth-order valence-corrected chi connectivity index (χ4v) is 2.91. The summed E-state index contributed by atoms with van der Waals surface area (Å²) < 4.78 is 5.13. The summed E-state index contributed by atoms with van der Waals surface area (Å²) in [5.41, 5.74) is 6.61. The smallest absolute Gasteiger partial charge is 0.251 e. The number of aliphatic hydroxyl groups excluding tert-OH is 1. The van der Waals surface area contributed by atoms with Crippen LogP contribution in [-0.4, -0.2) is 31.3 Å². The van der Waals surface area contributed by atoms with Crippen LogP contribution in [-0.2, 0) is 0 Å². The predicted molar refractivity (Wildman–Crippen MR) is 82.3 cm³/mol. The van der Waals surface area contributed by atoms with Gasteiger partial charge in [0.05, 0.1) is 19.4 Å². The molecule has 1 saturated carbocycles. The number of carbonyl (C=O) groups is 1. The lowest BCUT2D eigenvalue weighted by atomic mass is 9.74. The van der Waals surface area contributed by atoms with Crippen LogP contribution in [0.4, 0.5) is 5.69 Å². The lowest BCUT2D eigenvalue weighted by Crippen LogP contribution is -2.41. The molecule has 1 aromatic carbocycles. The monoisotopic (exact) mass is 292 g/mol. The number of nitrogens with one attached hydrogen (secondary N) is 1. The van der Waals surface area contributed by atoms with E-state index in [1.54, 1.807) is 18.2 Å². The number of rotatable bonds is 5. The average molecular weight is 292 g/mol. The van der Waals surface area contributed by atoms with Gasteiger partial charge < -0.3 is 20.9 Å². The Labute approximate surface area is 125 Å². The first kappa shape index (κ1) is 15.6. The molecule has 0 bridgehead atoms. The molecule has 0 spiro atoms. The van der Waals surface area contributed by atoms with Gasteiger partial charge in [0.2, 0.25) is 0 Å². The fraction of sp³-hybridized carbons (Fsp3) is 0.562. The van der Waals surface area contributed by atoms with Crippen molar-refractivity contribution in [2.75, 3.05) is 26.0 Å². The maximum absolute atomic E-state index is 12.2. The summed E-state index contributed by atoms with van der Waals surface area (Å²) in [5, 5.41) is 12.6. The Morgan fingerprint density at radius 1 is 1.38 bits per heavy atom. The zero-order valence-corrected chi connectivity index (χ0v) is 12.5. The second kappa shape index (κ2) is 6.80. The van der Waals surface area contributed by atoms with Crippen molar-refractivity contribution in [2.45, 2.75) is 32.1 Å². The summed E-state index contributed by atoms with van der Waals surface area (Å²) in [4.78, 5) is 12.2. The summed E-state index contributed by atoms with van der Waals surface area (Å²) in [6.45, 7) is 0.632. The molecule has 1 aliphatic rings. The minimum atomic E-state index is -0.161. The minimum absolute atomic E-state index is 0.123. The van der Waals surface area contributed by atoms with Crippen molar-refractivity contribution >= 4 is 11.6 Å². The van der Waals surface area contributed by atoms with E-state index in [0.29, 0.717) is 23.5 Å². The number of amides is 1. The zero-order chi connectivity index (χ0) is 15.3. The van der Waals surface area contributed by atoms with Crippen molar-refractivity contribution < 1.29 is 14.6 Å². The largest absolute Gasteiger partial charge is 0.495 e. The number of methoxy groups -OCH3 is 1. The third-order valence-corrected chi connectivity index (χ3v) is 4.37. The van der Waals surface area contributed by atoms with E-state index >= 15 is 0 Å². The van der Waals surface area contributed by atoms with Crippen LogP contribution >= 0.6 is 0 Å². The Balaban J connectivity index is 2.01. The summed E-state index contributed by atoms with van der Waals surface area (Å²) in [6, 6.07) is 4.98. The van der Waals surface area contributed by atoms with E-state index in [1.165, 1.54) is 13.5 Å². The maximum Gasteiger partial charge on any atom is 0.251 e. The SMILES string of the molecule is COc1cc(C(=O)NCC2(CO)CCCCC2)ccc1N. The van der Waals surface area contributed by atoms with E-state index in [1.807, 2.05) is 0 Å². The van der Waals surface area contributed by atoms with Gasteiger partial charge in [-0.15, -0.1) is 0 Å². The molecular weight excluding hydrogens is 268 g/mol. The minimum Gasteiger partial charge on any atom is -0.495 e. The highest BCUT2D eigenvalue weighted by Gasteiger charge is 2.31. The van der Waals surface area contributed by atoms with Crippen LogP contribution in [0, 0.1) is 5.41 Å². The first-order valence-corrected chi connectivity index (χ1v) is 7.43. The molecule has 1 amide bonds. The van der Waals surface area contributed by atoms with Crippen molar-refractivity contribution in [3.8, 4) is 5.75 Å². The molecule has 5 nitrogen and oxygen atoms in total. The van der Waals surface area contributed by atoms with Gasteiger partial charge in [-0.25, -0.2) is 0 Å². The summed E-state index contributed by atoms with van der Waals surface area (Å²) in [6.07, 6.45) is 5.38. The number of nitrogen functional groups attached to an aromatic ring is 1. The summed E-state index contributed by atoms with van der Waals surface area (Å²) >= 11 is 0. The molecule has 1 aromatic rings. The van der Waals surface area contributed by atoms with Gasteiger partial charge in [-0.1, -0.05) is 19.3 Å². The third kappa shape index (κ3) is 3.67. The van der Waals surface area contributed by atoms with Crippen molar-refractivity contribution in [1.29, 1.82) is 0 Å². The molecule has 0 heterocycles. The number of anilines is 1. The number of aliphatic hydroxyl groups is 1. The second-order valence-corrected chi connectivity index (χ2v) is 5.86. The molecule has 116 valence electrons. The van der Waals surface area contributed by atoms with Gasteiger partial charge in [-0.05, 0) is 31.0 Å². The van der Waals surface area contributed by atoms with Crippen LogP contribution in [0.5, 0.6) is 5.75 Å². The number of benzene rings is 1. The molecule has 4 N–H and O–H groups in total. The fourth-order valence-electron chi connectivity index (χ4n) is 2.91. The van der Waals surface area contributed by atoms with Gasteiger partial charge in [-0.2, -0.15) is 0 Å². The number of nitrogens with two attached hydrogens (primary N) is 1. The normalized spacial score (nSPS) is 17.2. The van der Waals surface area contributed by atoms with Gasteiger partial charge in [0.1, 0.15) is 5.75 Å². The molecule has 21 heavy (non-hydrogen) atoms. The van der Waals surface area contributed by atoms with Crippen molar-refractivity contribution in [1.82, 2.24) is 5.32 Å². The van der Waals surface area contributed by atoms with Crippen LogP contribution < -0.4 is 15.8 Å². The molecule has 5 heteroatoms. The highest BCUT2D eigenvalue weighted by Crippen LogP contribution is 2.35. The Kier molecular flexibility index (Phi) is 5.07. The average Bonchev–Trinajstić information content (AvgIpc) is 2.54. The molecule has 0 unspecified atom stereocenters. The van der Waals surface area contributed by atoms with Gasteiger partial charge >= 0.3 is 0 Å². The molecule has 0 aromatic heterocycles. The lowest BCUT2D eigenvalue weighted by molar-refractivity contribution is 0.0718. The van der Waals surface area contributed by atoms with Crippen LogP contribution in [0.25, 0.3) is 0 Å². The first-order valence-electron chi connectivity index (χ1n) is 7.43. The summed E-state index contributed by atoms with van der Waals surface area (Å²) in [7, 11) is 1.52. The van der Waals surface area contributed by atoms with Gasteiger partial charge in [0.25, 0.3) is 5.91 Å². The Morgan fingerprint density at radius 3 is 2.71 bits per heavy atom. The van der Waals surface area contributed by atoms with Crippen molar-refractivity contribution in [3.05, 3.63) is 23.8 Å². The first-order chi connectivity index (χ1) is 10.1. The third-order valence-electron chi connectivity index (χ3n) is 4.37. The highest BCUT2D eigenvalue weighted by molar-refractivity contribution is 5.95. The summed E-state index contributed by atoms with van der Waals surface area (Å²) in [5.74, 6) is 0.337. The zero-order valence-electron chi connectivity index (χ0n) is 12.5. The van der Waals surface area contributed by atoms with Crippen molar-refractivity contribution in [2.24, 2.45) is 5.41 Å². The molecule has 0 atom stereocenters. The Bertz CT molecular complexity index is 496. The molecule has 0 saturated heterocycles. The number of hydrogen-bond donors (Lipinski definition) is 3. The van der Waals surface area contributed by atoms with E-state index in [4.69, 9.17) is 10.5 Å². The molecule has 0 aliphatic heterocycles. The highest BCUT2D eigenvalue weighted by atomic mass is 16.5. The van der Waals surface area contributed by atoms with Crippen LogP contribution in [0.1, 0.15) is 42.5 Å². The topological polar surface area (TPSA) is 84.6 Å². The number of ether oxygens (including phenoxy) is 1. The van der Waals surface area contributed by atoms with Crippen LogP contribution in [0.15, 0.2) is 18.2 Å². The van der Waals surface area contributed by atoms with E-state index in [2.05, 4.69) is 5.32 Å². The van der Waals surface area contributed by atoms with Crippen LogP contribution in [0.2, 0.25) is 0 Å². The second-order valence-electron chi connectivity index (χ2n) is 5.86. The van der Waals surface area contributed by atoms with E-state index in [-0.39, 0.29) is 17.9 Å². The molecule has 1 fully saturated rings. The lowest BCUT2D eigenvalue weighted by Gasteiger charge is -2.35. The van der Waals surface area contributed by atoms with E-state index in [9.17, 15) is 9.90 Å². The number of hydrogen-bond acceptors (Lipinski definition) is 4. The molecule has 2 rings (SSSR count). The Hall–Kier alpha value is -1.75. The molecule has 1 aliphatic carbocycles. The Morgan fingerprint density at radius 2 is 2.10 bits per heavy atom. The van der Waals surface area contributed by atoms with Crippen LogP contribution in [0.3, 0.4) is 0 Å². The van der Waals surface area contributed by atoms with Gasteiger partial charge in [-0.3, -0.25) is 4.79 Å². The molecule has 0 radical (unpaired) electrons.